The number of hydrogen-bond acceptors (Lipinski definition) is 4. The Morgan fingerprint density at radius 3 is 2.12 bits per heavy atom. The summed E-state index contributed by atoms with van der Waals surface area (Å²) in [4.78, 5) is 35.9. The van der Waals surface area contributed by atoms with Crippen LogP contribution >= 0.6 is 0 Å². The van der Waals surface area contributed by atoms with Gasteiger partial charge in [0.25, 0.3) is 5.91 Å². The fourth-order valence-electron chi connectivity index (χ4n) is 4.74. The summed E-state index contributed by atoms with van der Waals surface area (Å²) >= 11 is 0. The SMILES string of the molecule is CC(C)(C)N(Cc1ccc(-c2nc3ccnc(C(=O)NCc4ccccc4)c3cc2-c2ccccc2)cc1)C(=O)O. The van der Waals surface area contributed by atoms with E-state index in [1.807, 2.05) is 118 Å². The standard InChI is InChI=1S/C34H32N4O3/c1-34(2,3)38(33(40)41)22-24-14-16-26(17-15-24)30-27(25-12-8-5-9-13-25)20-28-29(37-30)18-19-35-31(28)32(39)36-21-23-10-6-4-7-11-23/h4-20H,21-22H2,1-3H3,(H,36,39)(H,40,41). The zero-order chi connectivity index (χ0) is 29.0. The van der Waals surface area contributed by atoms with Crippen molar-refractivity contribution in [3.63, 3.8) is 0 Å². The second-order valence-electron chi connectivity index (χ2n) is 10.9. The molecule has 0 aliphatic heterocycles. The summed E-state index contributed by atoms with van der Waals surface area (Å²) < 4.78 is 0. The van der Waals surface area contributed by atoms with Crippen LogP contribution in [0.15, 0.2) is 103 Å². The van der Waals surface area contributed by atoms with E-state index in [0.717, 1.165) is 33.5 Å². The van der Waals surface area contributed by atoms with Gasteiger partial charge in [-0.25, -0.2) is 9.78 Å². The zero-order valence-electron chi connectivity index (χ0n) is 23.3. The predicted octanol–water partition coefficient (Wildman–Crippen LogP) is 7.17. The highest BCUT2D eigenvalue weighted by Crippen LogP contribution is 2.34. The first-order valence-corrected chi connectivity index (χ1v) is 13.5. The lowest BCUT2D eigenvalue weighted by Gasteiger charge is -2.33. The van der Waals surface area contributed by atoms with Gasteiger partial charge in [-0.05, 0) is 49.6 Å². The van der Waals surface area contributed by atoms with E-state index >= 15 is 0 Å². The van der Waals surface area contributed by atoms with Gasteiger partial charge < -0.3 is 10.4 Å². The Hall–Kier alpha value is -5.04. The molecule has 0 aliphatic carbocycles. The summed E-state index contributed by atoms with van der Waals surface area (Å²) in [6.07, 6.45) is 0.649. The van der Waals surface area contributed by atoms with Crippen molar-refractivity contribution in [2.45, 2.75) is 39.4 Å². The van der Waals surface area contributed by atoms with Crippen molar-refractivity contribution in [3.05, 3.63) is 120 Å². The van der Waals surface area contributed by atoms with Gasteiger partial charge in [0.15, 0.2) is 0 Å². The van der Waals surface area contributed by atoms with Crippen LogP contribution in [0.3, 0.4) is 0 Å². The molecule has 7 heteroatoms. The summed E-state index contributed by atoms with van der Waals surface area (Å²) in [5.74, 6) is -0.265. The largest absolute Gasteiger partial charge is 0.465 e. The highest BCUT2D eigenvalue weighted by Gasteiger charge is 2.26. The van der Waals surface area contributed by atoms with Crippen molar-refractivity contribution in [3.8, 4) is 22.4 Å². The van der Waals surface area contributed by atoms with Gasteiger partial charge in [0.1, 0.15) is 5.69 Å². The van der Waals surface area contributed by atoms with E-state index < -0.39 is 11.6 Å². The molecule has 0 fully saturated rings. The molecule has 2 amide bonds. The van der Waals surface area contributed by atoms with Gasteiger partial charge in [0.2, 0.25) is 0 Å². The zero-order valence-corrected chi connectivity index (χ0v) is 23.3. The molecule has 2 heterocycles. The number of hydrogen-bond donors (Lipinski definition) is 2. The first kappa shape index (κ1) is 27.5. The maximum atomic E-state index is 13.2. The summed E-state index contributed by atoms with van der Waals surface area (Å²) in [5.41, 5.74) is 5.84. The van der Waals surface area contributed by atoms with Crippen molar-refractivity contribution in [2.75, 3.05) is 0 Å². The van der Waals surface area contributed by atoms with E-state index in [1.165, 1.54) is 4.90 Å². The first-order chi connectivity index (χ1) is 19.7. The second-order valence-corrected chi connectivity index (χ2v) is 10.9. The number of rotatable bonds is 7. The Kier molecular flexibility index (Phi) is 7.79. The van der Waals surface area contributed by atoms with Crippen molar-refractivity contribution >= 4 is 22.9 Å². The topological polar surface area (TPSA) is 95.4 Å². The molecule has 3 aromatic carbocycles. The molecule has 0 bridgehead atoms. The molecule has 0 saturated carbocycles. The van der Waals surface area contributed by atoms with Gasteiger partial charge in [-0.1, -0.05) is 84.9 Å². The molecule has 0 radical (unpaired) electrons. The van der Waals surface area contributed by atoms with E-state index in [-0.39, 0.29) is 12.5 Å². The molecule has 7 nitrogen and oxygen atoms in total. The molecule has 5 aromatic rings. The first-order valence-electron chi connectivity index (χ1n) is 13.5. The smallest absolute Gasteiger partial charge is 0.408 e. The van der Waals surface area contributed by atoms with Crippen LogP contribution in [-0.2, 0) is 13.1 Å². The Morgan fingerprint density at radius 2 is 1.49 bits per heavy atom. The molecule has 2 N–H and O–H groups in total. The lowest BCUT2D eigenvalue weighted by molar-refractivity contribution is 0.0941. The van der Waals surface area contributed by atoms with E-state index in [4.69, 9.17) is 4.98 Å². The third-order valence-electron chi connectivity index (χ3n) is 6.95. The molecule has 0 atom stereocenters. The molecule has 0 saturated heterocycles. The average molecular weight is 545 g/mol. The molecule has 2 aromatic heterocycles. The maximum absolute atomic E-state index is 13.2. The predicted molar refractivity (Wildman–Crippen MR) is 161 cm³/mol. The molecule has 5 rings (SSSR count). The maximum Gasteiger partial charge on any atom is 0.408 e. The van der Waals surface area contributed by atoms with Crippen molar-refractivity contribution < 1.29 is 14.7 Å². The number of nitrogens with zero attached hydrogens (tertiary/aromatic N) is 3. The monoisotopic (exact) mass is 544 g/mol. The van der Waals surface area contributed by atoms with Crippen LogP contribution in [0, 0.1) is 0 Å². The van der Waals surface area contributed by atoms with Gasteiger partial charge in [-0.2, -0.15) is 0 Å². The van der Waals surface area contributed by atoms with Crippen LogP contribution in [0.4, 0.5) is 4.79 Å². The van der Waals surface area contributed by atoms with Gasteiger partial charge in [0.05, 0.1) is 11.2 Å². The third kappa shape index (κ3) is 6.25. The van der Waals surface area contributed by atoms with E-state index in [1.54, 1.807) is 6.20 Å². The lowest BCUT2D eigenvalue weighted by Crippen LogP contribution is -2.44. The number of aromatic nitrogens is 2. The van der Waals surface area contributed by atoms with Crippen LogP contribution in [0.5, 0.6) is 0 Å². The average Bonchev–Trinajstić information content (AvgIpc) is 2.98. The molecule has 0 spiro atoms. The van der Waals surface area contributed by atoms with Crippen molar-refractivity contribution in [1.82, 2.24) is 20.2 Å². The van der Waals surface area contributed by atoms with Gasteiger partial charge in [-0.15, -0.1) is 0 Å². The fourth-order valence-corrected chi connectivity index (χ4v) is 4.74. The fraction of sp³-hybridized carbons (Fsp3) is 0.176. The van der Waals surface area contributed by atoms with Crippen LogP contribution in [0.1, 0.15) is 42.4 Å². The van der Waals surface area contributed by atoms with E-state index in [9.17, 15) is 14.7 Å². The Labute approximate surface area is 239 Å². The van der Waals surface area contributed by atoms with Crippen LogP contribution < -0.4 is 5.32 Å². The van der Waals surface area contributed by atoms with Gasteiger partial charge >= 0.3 is 6.09 Å². The second kappa shape index (κ2) is 11.6. The van der Waals surface area contributed by atoms with E-state index in [2.05, 4.69) is 10.3 Å². The number of carboxylic acid groups (broad SMARTS) is 1. The quantitative estimate of drug-likeness (QED) is 0.226. The Bertz CT molecular complexity index is 1680. The van der Waals surface area contributed by atoms with Crippen LogP contribution in [0.2, 0.25) is 0 Å². The summed E-state index contributed by atoms with van der Waals surface area (Å²) in [6, 6.07) is 31.3. The Balaban J connectivity index is 1.53. The molecular formula is C34H32N4O3. The summed E-state index contributed by atoms with van der Waals surface area (Å²) in [5, 5.41) is 13.3. The minimum Gasteiger partial charge on any atom is -0.465 e. The summed E-state index contributed by atoms with van der Waals surface area (Å²) in [7, 11) is 0. The highest BCUT2D eigenvalue weighted by atomic mass is 16.4. The molecule has 0 aliphatic rings. The number of carbonyl (C=O) groups excluding carboxylic acids is 1. The minimum absolute atomic E-state index is 0.265. The normalized spacial score (nSPS) is 11.3. The molecule has 0 unspecified atom stereocenters. The van der Waals surface area contributed by atoms with Crippen LogP contribution in [-0.4, -0.2) is 37.5 Å². The number of fused-ring (bicyclic) bond motifs is 1. The number of nitrogens with one attached hydrogen (secondary N) is 1. The third-order valence-corrected chi connectivity index (χ3v) is 6.95. The van der Waals surface area contributed by atoms with Gasteiger partial charge in [0, 0.05) is 41.3 Å². The number of pyridine rings is 2. The molecule has 41 heavy (non-hydrogen) atoms. The summed E-state index contributed by atoms with van der Waals surface area (Å²) in [6.45, 7) is 6.32. The highest BCUT2D eigenvalue weighted by molar-refractivity contribution is 6.06. The Morgan fingerprint density at radius 1 is 0.829 bits per heavy atom. The molecule has 206 valence electrons. The number of carbonyl (C=O) groups is 2. The van der Waals surface area contributed by atoms with E-state index in [0.29, 0.717) is 23.1 Å². The number of amides is 2. The van der Waals surface area contributed by atoms with Crippen molar-refractivity contribution in [2.24, 2.45) is 0 Å². The van der Waals surface area contributed by atoms with Gasteiger partial charge in [-0.3, -0.25) is 14.7 Å². The molecular weight excluding hydrogens is 512 g/mol. The lowest BCUT2D eigenvalue weighted by atomic mass is 9.96. The van der Waals surface area contributed by atoms with Crippen molar-refractivity contribution in [1.29, 1.82) is 0 Å². The van der Waals surface area contributed by atoms with Crippen LogP contribution in [0.25, 0.3) is 33.3 Å². The minimum atomic E-state index is -0.957. The number of benzene rings is 3.